The fourth-order valence-corrected chi connectivity index (χ4v) is 17.3. The van der Waals surface area contributed by atoms with Crippen molar-refractivity contribution >= 4 is 36.5 Å². The van der Waals surface area contributed by atoms with Gasteiger partial charge in [0.25, 0.3) is 0 Å². The van der Waals surface area contributed by atoms with Crippen LogP contribution in [0.2, 0.25) is 0 Å². The maximum atomic E-state index is 12.6. The van der Waals surface area contributed by atoms with Gasteiger partial charge in [-0.25, -0.2) is 0 Å². The van der Waals surface area contributed by atoms with E-state index in [1.165, 1.54) is 0 Å². The summed E-state index contributed by atoms with van der Waals surface area (Å²) >= 11 is 2.34. The van der Waals surface area contributed by atoms with E-state index in [0.29, 0.717) is 9.79 Å². The van der Waals surface area contributed by atoms with Crippen molar-refractivity contribution in [3.05, 3.63) is 48.5 Å². The van der Waals surface area contributed by atoms with Crippen LogP contribution in [0.3, 0.4) is 0 Å². The minimum atomic E-state index is -3.32. The number of sulfone groups is 1. The molecule has 0 aliphatic carbocycles. The Hall–Kier alpha value is 0.200. The van der Waals surface area contributed by atoms with Gasteiger partial charge in [-0.3, -0.25) is 0 Å². The molecule has 6 heteroatoms. The predicted octanol–water partition coefficient (Wildman–Crippen LogP) is 0.223. The van der Waals surface area contributed by atoms with Gasteiger partial charge in [-0.15, -0.1) is 0 Å². The van der Waals surface area contributed by atoms with E-state index in [9.17, 15) is 8.42 Å². The first kappa shape index (κ1) is 13.2. The van der Waals surface area contributed by atoms with Gasteiger partial charge in [0.2, 0.25) is 0 Å². The van der Waals surface area contributed by atoms with E-state index in [1.807, 2.05) is 24.3 Å². The van der Waals surface area contributed by atoms with Gasteiger partial charge in [-0.2, -0.15) is 0 Å². The summed E-state index contributed by atoms with van der Waals surface area (Å²) in [5.74, 6) is 0. The normalized spacial score (nSPS) is 17.2. The zero-order valence-electron chi connectivity index (χ0n) is 9.01. The second kappa shape index (κ2) is 4.95. The monoisotopic (exact) mass is 502 g/mol. The number of halogens is 2. The van der Waals surface area contributed by atoms with Gasteiger partial charge >= 0.3 is 129 Å². The van der Waals surface area contributed by atoms with Crippen LogP contribution in [-0.2, 0) is 17.9 Å². The summed E-state index contributed by atoms with van der Waals surface area (Å²) < 4.78 is 25.1. The summed E-state index contributed by atoms with van der Waals surface area (Å²) in [5, 5.41) is 0. The molecule has 18 heavy (non-hydrogen) atoms. The minimum absolute atomic E-state index is 0.0306. The molecule has 1 aliphatic heterocycles. The van der Waals surface area contributed by atoms with Gasteiger partial charge in [0, 0.05) is 0 Å². The summed E-state index contributed by atoms with van der Waals surface area (Å²) in [6, 6.07) is 14.9. The molecule has 2 aromatic rings. The van der Waals surface area contributed by atoms with E-state index < -0.39 is 9.84 Å². The fraction of sp³-hybridized carbons (Fsp3) is 0. The van der Waals surface area contributed by atoms with Crippen LogP contribution in [0.15, 0.2) is 68.1 Å². The van der Waals surface area contributed by atoms with Crippen LogP contribution in [0.4, 0.5) is 0 Å². The van der Waals surface area contributed by atoms with Crippen LogP contribution in [0.5, 0.6) is 0 Å². The van der Waals surface area contributed by atoms with Crippen LogP contribution in [0.25, 0.3) is 0 Å². The van der Waals surface area contributed by atoms with E-state index in [1.54, 1.807) is 24.3 Å². The Balaban J connectivity index is 2.40. The number of hydrogen-bond donors (Lipinski definition) is 0. The molecule has 1 aliphatic rings. The molecular weight excluding hydrogens is 494 g/mol. The molecule has 0 spiro atoms. The summed E-state index contributed by atoms with van der Waals surface area (Å²) in [6.45, 7) is 0. The number of benzene rings is 2. The van der Waals surface area contributed by atoms with Crippen molar-refractivity contribution in [1.82, 2.24) is 0 Å². The average molecular weight is 502 g/mol. The van der Waals surface area contributed by atoms with E-state index >= 15 is 0 Å². The Bertz CT molecular complexity index is 660. The predicted molar refractivity (Wildman–Crippen MR) is 76.3 cm³/mol. The van der Waals surface area contributed by atoms with Gasteiger partial charge < -0.3 is 0 Å². The summed E-state index contributed by atoms with van der Waals surface area (Å²) in [7, 11) is -3.35. The molecule has 3 rings (SSSR count). The summed E-state index contributed by atoms with van der Waals surface area (Å²) in [5.41, 5.74) is 0. The topological polar surface area (TPSA) is 34.1 Å². The van der Waals surface area contributed by atoms with Crippen molar-refractivity contribution in [3.63, 3.8) is 0 Å². The van der Waals surface area contributed by atoms with E-state index in [2.05, 4.69) is 18.6 Å². The van der Waals surface area contributed by atoms with Crippen molar-refractivity contribution in [2.75, 3.05) is 0 Å². The second-order valence-electron chi connectivity index (χ2n) is 3.71. The Labute approximate surface area is 127 Å². The first-order valence-electron chi connectivity index (χ1n) is 5.10. The Morgan fingerprint density at radius 1 is 0.889 bits per heavy atom. The first-order chi connectivity index (χ1) is 8.66. The molecule has 0 fully saturated rings. The molecule has 0 saturated heterocycles. The molecule has 0 unspecified atom stereocenters. The molecule has 0 N–H and O–H groups in total. The molecule has 0 radical (unpaired) electrons. The van der Waals surface area contributed by atoms with E-state index in [0.717, 1.165) is 9.79 Å². The Kier molecular flexibility index (Phi) is 3.63. The molecule has 0 atom stereocenters. The standard InChI is InChI=1S/C12H8I2O2S2/c13-14-17-9-5-1-3-7-11(9)18(15,16)12-8-4-2-6-10(12)17/h1-8H. The van der Waals surface area contributed by atoms with Gasteiger partial charge in [-0.05, 0) is 0 Å². The van der Waals surface area contributed by atoms with Crippen LogP contribution in [0, 0.1) is 0 Å². The zero-order chi connectivity index (χ0) is 12.8. The summed E-state index contributed by atoms with van der Waals surface area (Å²) in [4.78, 5) is 3.00. The van der Waals surface area contributed by atoms with Gasteiger partial charge in [0.15, 0.2) is 0 Å². The van der Waals surface area contributed by atoms with Gasteiger partial charge in [0.1, 0.15) is 0 Å². The van der Waals surface area contributed by atoms with Crippen LogP contribution in [0.1, 0.15) is 0 Å². The van der Waals surface area contributed by atoms with Crippen LogP contribution in [-0.4, -0.2) is 8.42 Å². The second-order valence-corrected chi connectivity index (χ2v) is 17.4. The summed E-state index contributed by atoms with van der Waals surface area (Å²) in [6.07, 6.45) is 0. The van der Waals surface area contributed by atoms with Crippen molar-refractivity contribution in [3.8, 4) is 0 Å². The third-order valence-corrected chi connectivity index (χ3v) is 17.0. The van der Waals surface area contributed by atoms with Gasteiger partial charge in [0.05, 0.1) is 0 Å². The van der Waals surface area contributed by atoms with Gasteiger partial charge in [-0.1, -0.05) is 0 Å². The van der Waals surface area contributed by atoms with Crippen molar-refractivity contribution in [2.24, 2.45) is 0 Å². The molecule has 0 bridgehead atoms. The van der Waals surface area contributed by atoms with Crippen molar-refractivity contribution < 1.29 is 24.3 Å². The Morgan fingerprint density at radius 3 is 1.78 bits per heavy atom. The molecule has 94 valence electrons. The maximum absolute atomic E-state index is 12.6. The molecule has 0 amide bonds. The molecule has 0 aromatic heterocycles. The molecule has 1 heterocycles. The van der Waals surface area contributed by atoms with Crippen molar-refractivity contribution in [1.29, 1.82) is 0 Å². The fourth-order valence-electron chi connectivity index (χ4n) is 1.94. The zero-order valence-corrected chi connectivity index (χ0v) is 15.0. The number of hydrogen-bond acceptors (Lipinski definition) is 2. The third kappa shape index (κ3) is 1.92. The van der Waals surface area contributed by atoms with Crippen molar-refractivity contribution in [2.45, 2.75) is 19.6 Å². The van der Waals surface area contributed by atoms with E-state index in [4.69, 9.17) is 0 Å². The molecule has 2 nitrogen and oxygen atoms in total. The molecule has 2 aromatic carbocycles. The SMILES string of the molecule is O=S1(=O)c2ccccc2[S+]([I-]I)c2ccccc21. The average Bonchev–Trinajstić information content (AvgIpc) is 2.40. The number of fused-ring (bicyclic) bond motifs is 2. The van der Waals surface area contributed by atoms with Crippen LogP contribution < -0.4 is 15.8 Å². The first-order valence-corrected chi connectivity index (χ1v) is 16.6. The Morgan fingerprint density at radius 2 is 1.33 bits per heavy atom. The van der Waals surface area contributed by atoms with E-state index in [-0.39, 0.29) is 23.9 Å². The molecule has 0 saturated carbocycles. The van der Waals surface area contributed by atoms with Crippen LogP contribution >= 0.6 is 18.6 Å². The molecular formula is C12H8I2O2S2. The number of rotatable bonds is 1. The third-order valence-electron chi connectivity index (χ3n) is 2.72. The quantitative estimate of drug-likeness (QED) is 0.414.